The zero-order valence-electron chi connectivity index (χ0n) is 16.5. The summed E-state index contributed by atoms with van der Waals surface area (Å²) in [5.41, 5.74) is 6.57. The smallest absolute Gasteiger partial charge is 0.220 e. The maximum absolute atomic E-state index is 12.3. The third kappa shape index (κ3) is 4.12. The first-order valence-corrected chi connectivity index (χ1v) is 11.4. The number of hydrogen-bond acceptors (Lipinski definition) is 3. The molecule has 4 rings (SSSR count). The molecule has 1 atom stereocenters. The van der Waals surface area contributed by atoms with Crippen molar-refractivity contribution in [1.82, 2.24) is 10.3 Å². The van der Waals surface area contributed by atoms with E-state index in [-0.39, 0.29) is 24.0 Å². The summed E-state index contributed by atoms with van der Waals surface area (Å²) in [4.78, 5) is 15.9. The van der Waals surface area contributed by atoms with Gasteiger partial charge in [-0.2, -0.15) is 0 Å². The van der Waals surface area contributed by atoms with Crippen LogP contribution in [0.15, 0.2) is 53.9 Å². The highest BCUT2D eigenvalue weighted by Crippen LogP contribution is 2.32. The highest BCUT2D eigenvalue weighted by Gasteiger charge is 2.24. The zero-order valence-corrected chi connectivity index (χ0v) is 17.3. The first-order chi connectivity index (χ1) is 13.8. The van der Waals surface area contributed by atoms with E-state index in [1.807, 2.05) is 25.1 Å². The third-order valence-electron chi connectivity index (χ3n) is 5.38. The lowest BCUT2D eigenvalue weighted by Crippen LogP contribution is -2.25. The molecule has 2 heterocycles. The minimum absolute atomic E-state index is 0.0192. The summed E-state index contributed by atoms with van der Waals surface area (Å²) >= 11 is 0. The Morgan fingerprint density at radius 2 is 1.93 bits per heavy atom. The molecule has 1 aromatic heterocycles. The van der Waals surface area contributed by atoms with Gasteiger partial charge in [0, 0.05) is 35.4 Å². The van der Waals surface area contributed by atoms with Gasteiger partial charge in [-0.15, -0.1) is 0 Å². The number of aromatic nitrogens is 1. The van der Waals surface area contributed by atoms with Crippen LogP contribution in [0.1, 0.15) is 23.1 Å². The Hall–Kier alpha value is -2.86. The van der Waals surface area contributed by atoms with Crippen molar-refractivity contribution in [1.29, 1.82) is 0 Å². The topological polar surface area (TPSA) is 79.0 Å². The van der Waals surface area contributed by atoms with Crippen molar-refractivity contribution >= 4 is 26.6 Å². The first-order valence-electron chi connectivity index (χ1n) is 9.67. The van der Waals surface area contributed by atoms with E-state index in [4.69, 9.17) is 0 Å². The van der Waals surface area contributed by atoms with Crippen molar-refractivity contribution < 1.29 is 13.2 Å². The Labute approximate surface area is 170 Å². The van der Waals surface area contributed by atoms with Gasteiger partial charge in [0.1, 0.15) is 0 Å². The van der Waals surface area contributed by atoms with Crippen molar-refractivity contribution in [2.75, 3.05) is 5.75 Å². The number of fused-ring (bicyclic) bond motifs is 1. The molecule has 0 unspecified atom stereocenters. The van der Waals surface area contributed by atoms with Crippen LogP contribution in [0, 0.1) is 19.8 Å². The number of allylic oxidation sites excluding steroid dienone is 1. The van der Waals surface area contributed by atoms with Crippen molar-refractivity contribution in [2.24, 2.45) is 5.92 Å². The average Bonchev–Trinajstić information content (AvgIpc) is 3.19. The van der Waals surface area contributed by atoms with E-state index in [0.717, 1.165) is 33.3 Å². The number of hydrogen-bond donors (Lipinski definition) is 2. The summed E-state index contributed by atoms with van der Waals surface area (Å²) in [5, 5.41) is 5.31. The van der Waals surface area contributed by atoms with Gasteiger partial charge in [0.15, 0.2) is 9.84 Å². The number of amides is 1. The van der Waals surface area contributed by atoms with Gasteiger partial charge in [-0.1, -0.05) is 48.0 Å². The molecule has 29 heavy (non-hydrogen) atoms. The maximum Gasteiger partial charge on any atom is 0.220 e. The molecule has 1 amide bonds. The number of rotatable bonds is 5. The lowest BCUT2D eigenvalue weighted by molar-refractivity contribution is -0.121. The number of sulfone groups is 1. The Morgan fingerprint density at radius 1 is 1.17 bits per heavy atom. The van der Waals surface area contributed by atoms with Crippen molar-refractivity contribution in [3.8, 4) is 11.3 Å². The Balaban J connectivity index is 1.56. The second kappa shape index (κ2) is 7.52. The van der Waals surface area contributed by atoms with Crippen LogP contribution in [-0.4, -0.2) is 25.1 Å². The minimum Gasteiger partial charge on any atom is -0.354 e. The lowest BCUT2D eigenvalue weighted by atomic mass is 10.0. The second-order valence-corrected chi connectivity index (χ2v) is 9.67. The van der Waals surface area contributed by atoms with Gasteiger partial charge in [-0.25, -0.2) is 8.42 Å². The molecule has 0 radical (unpaired) electrons. The number of carbonyl (C=O) groups is 1. The quantitative estimate of drug-likeness (QED) is 0.669. The number of aromatic amines is 1. The number of H-pyrrole nitrogens is 1. The summed E-state index contributed by atoms with van der Waals surface area (Å²) in [6.07, 6.45) is 1.80. The van der Waals surface area contributed by atoms with Gasteiger partial charge in [0.2, 0.25) is 5.91 Å². The molecular weight excluding hydrogens is 384 g/mol. The zero-order chi connectivity index (χ0) is 20.6. The van der Waals surface area contributed by atoms with Gasteiger partial charge < -0.3 is 10.3 Å². The van der Waals surface area contributed by atoms with E-state index in [9.17, 15) is 13.2 Å². The summed E-state index contributed by atoms with van der Waals surface area (Å²) in [6.45, 7) is 4.55. The third-order valence-corrected chi connectivity index (χ3v) is 6.85. The van der Waals surface area contributed by atoms with Gasteiger partial charge in [-0.05, 0) is 36.6 Å². The number of aryl methyl sites for hydroxylation is 2. The predicted molar refractivity (Wildman–Crippen MR) is 116 cm³/mol. The molecule has 3 aromatic rings. The summed E-state index contributed by atoms with van der Waals surface area (Å²) < 4.78 is 23.0. The highest BCUT2D eigenvalue weighted by atomic mass is 32.2. The average molecular weight is 409 g/mol. The van der Waals surface area contributed by atoms with Crippen LogP contribution in [0.2, 0.25) is 0 Å². The fourth-order valence-electron chi connectivity index (χ4n) is 3.96. The summed E-state index contributed by atoms with van der Waals surface area (Å²) in [5.74, 6) is -0.362. The highest BCUT2D eigenvalue weighted by molar-refractivity contribution is 7.94. The lowest BCUT2D eigenvalue weighted by Gasteiger charge is -2.10. The minimum atomic E-state index is -3.14. The molecule has 6 heteroatoms. The van der Waals surface area contributed by atoms with Crippen molar-refractivity contribution in [3.05, 3.63) is 70.6 Å². The molecule has 0 fully saturated rings. The number of benzene rings is 2. The SMILES string of the molecule is Cc1cc(CNC(=O)C[C@H]2C=CS(=O)(=O)C2)c2[nH]c(-c3ccccc3)c(C)c2c1. The van der Waals surface area contributed by atoms with Crippen molar-refractivity contribution in [3.63, 3.8) is 0 Å². The van der Waals surface area contributed by atoms with E-state index < -0.39 is 9.84 Å². The van der Waals surface area contributed by atoms with Gasteiger partial charge in [0.25, 0.3) is 0 Å². The Kier molecular flexibility index (Phi) is 5.04. The van der Waals surface area contributed by atoms with E-state index in [0.29, 0.717) is 6.54 Å². The molecule has 1 aliphatic heterocycles. The molecule has 0 saturated carbocycles. The molecule has 150 valence electrons. The normalized spacial score (nSPS) is 17.7. The van der Waals surface area contributed by atoms with Crippen LogP contribution in [0.5, 0.6) is 0 Å². The van der Waals surface area contributed by atoms with Crippen LogP contribution in [-0.2, 0) is 21.2 Å². The second-order valence-electron chi connectivity index (χ2n) is 7.74. The van der Waals surface area contributed by atoms with E-state index in [1.54, 1.807) is 6.08 Å². The molecule has 0 bridgehead atoms. The van der Waals surface area contributed by atoms with Crippen LogP contribution in [0.4, 0.5) is 0 Å². The maximum atomic E-state index is 12.3. The largest absolute Gasteiger partial charge is 0.354 e. The van der Waals surface area contributed by atoms with Crippen LogP contribution >= 0.6 is 0 Å². The standard InChI is InChI=1S/C23H24N2O3S/c1-15-10-19(13-24-21(26)12-17-8-9-29(27,28)14-17)23-20(11-15)16(2)22(25-23)18-6-4-3-5-7-18/h3-11,17,25H,12-14H2,1-2H3,(H,24,26)/t17-/m1/s1. The van der Waals surface area contributed by atoms with Gasteiger partial charge >= 0.3 is 0 Å². The molecule has 0 aliphatic carbocycles. The van der Waals surface area contributed by atoms with Crippen LogP contribution in [0.25, 0.3) is 22.2 Å². The summed E-state index contributed by atoms with van der Waals surface area (Å²) in [6, 6.07) is 14.4. The fraction of sp³-hybridized carbons (Fsp3) is 0.261. The first kappa shape index (κ1) is 19.5. The van der Waals surface area contributed by atoms with Crippen LogP contribution in [0.3, 0.4) is 0 Å². The number of nitrogens with one attached hydrogen (secondary N) is 2. The molecule has 5 nitrogen and oxygen atoms in total. The fourth-order valence-corrected chi connectivity index (χ4v) is 5.36. The van der Waals surface area contributed by atoms with E-state index >= 15 is 0 Å². The molecule has 0 spiro atoms. The van der Waals surface area contributed by atoms with Gasteiger partial charge in [0.05, 0.1) is 11.3 Å². The van der Waals surface area contributed by atoms with Gasteiger partial charge in [-0.3, -0.25) is 4.79 Å². The molecule has 2 N–H and O–H groups in total. The Morgan fingerprint density at radius 3 is 2.62 bits per heavy atom. The molecule has 2 aromatic carbocycles. The van der Waals surface area contributed by atoms with E-state index in [2.05, 4.69) is 41.5 Å². The monoisotopic (exact) mass is 408 g/mol. The number of carbonyl (C=O) groups excluding carboxylic acids is 1. The molecular formula is C23H24N2O3S. The van der Waals surface area contributed by atoms with Crippen molar-refractivity contribution in [2.45, 2.75) is 26.8 Å². The Bertz CT molecular complexity index is 1210. The molecule has 0 saturated heterocycles. The molecule has 1 aliphatic rings. The predicted octanol–water partition coefficient (Wildman–Crippen LogP) is 4.02. The summed E-state index contributed by atoms with van der Waals surface area (Å²) in [7, 11) is -3.14. The van der Waals surface area contributed by atoms with E-state index in [1.165, 1.54) is 11.0 Å². The van der Waals surface area contributed by atoms with Crippen LogP contribution < -0.4 is 5.32 Å².